The molecule has 0 aliphatic heterocycles. The third kappa shape index (κ3) is 2.68. The molecule has 1 heterocycles. The monoisotopic (exact) mass is 272 g/mol. The molecular weight excluding hydrogens is 259 g/mol. The van der Waals surface area contributed by atoms with Gasteiger partial charge >= 0.3 is 0 Å². The van der Waals surface area contributed by atoms with Gasteiger partial charge in [-0.3, -0.25) is 0 Å². The number of hydrogen-bond acceptors (Lipinski definition) is 2. The van der Waals surface area contributed by atoms with Gasteiger partial charge in [-0.25, -0.2) is 9.37 Å². The molecule has 4 heteroatoms. The summed E-state index contributed by atoms with van der Waals surface area (Å²) in [5.74, 6) is 1.30. The highest BCUT2D eigenvalue weighted by Gasteiger charge is 2.27. The number of pyridine rings is 1. The number of rotatable bonds is 3. The Hall–Kier alpha value is -0.640. The maximum atomic E-state index is 12.7. The van der Waals surface area contributed by atoms with E-state index in [1.54, 1.807) is 6.07 Å². The van der Waals surface area contributed by atoms with Gasteiger partial charge in [-0.2, -0.15) is 0 Å². The molecule has 1 aromatic heterocycles. The van der Waals surface area contributed by atoms with Crippen LogP contribution in [-0.4, -0.2) is 23.4 Å². The number of halogens is 2. The molecule has 0 N–H and O–H groups in total. The van der Waals surface area contributed by atoms with Crippen molar-refractivity contribution in [2.45, 2.75) is 17.7 Å². The Balaban J connectivity index is 1.90. The maximum absolute atomic E-state index is 12.7. The smallest absolute Gasteiger partial charge is 0.141 e. The van der Waals surface area contributed by atoms with Gasteiger partial charge in [0.15, 0.2) is 0 Å². The zero-order chi connectivity index (χ0) is 10.8. The van der Waals surface area contributed by atoms with Crippen LogP contribution in [0.2, 0.25) is 0 Å². The molecule has 0 unspecified atom stereocenters. The van der Waals surface area contributed by atoms with Gasteiger partial charge < -0.3 is 4.90 Å². The normalized spacial score (nSPS) is 24.7. The number of alkyl halides is 1. The second-order valence-electron chi connectivity index (χ2n) is 4.15. The lowest BCUT2D eigenvalue weighted by atomic mass is 9.85. The molecule has 0 radical (unpaired) electrons. The Morgan fingerprint density at radius 3 is 2.80 bits per heavy atom. The van der Waals surface area contributed by atoms with Gasteiger partial charge in [0.25, 0.3) is 0 Å². The van der Waals surface area contributed by atoms with Crippen molar-refractivity contribution in [2.24, 2.45) is 5.92 Å². The first-order valence-electron chi connectivity index (χ1n) is 5.12. The molecule has 0 saturated heterocycles. The van der Waals surface area contributed by atoms with Gasteiger partial charge in [-0.05, 0) is 30.9 Å². The largest absolute Gasteiger partial charge is 0.359 e. The molecule has 82 valence electrons. The van der Waals surface area contributed by atoms with E-state index in [2.05, 4.69) is 25.8 Å². The minimum absolute atomic E-state index is 0.281. The van der Waals surface area contributed by atoms with Crippen LogP contribution in [0.15, 0.2) is 18.3 Å². The molecule has 1 saturated carbocycles. The first-order chi connectivity index (χ1) is 7.15. The summed E-state index contributed by atoms with van der Waals surface area (Å²) >= 11 is 3.57. The lowest BCUT2D eigenvalue weighted by Gasteiger charge is -2.34. The van der Waals surface area contributed by atoms with Gasteiger partial charge in [-0.1, -0.05) is 15.9 Å². The molecule has 2 rings (SSSR count). The number of nitrogens with zero attached hydrogens (tertiary/aromatic N) is 2. The second-order valence-corrected chi connectivity index (χ2v) is 5.44. The fraction of sp³-hybridized carbons (Fsp3) is 0.545. The molecule has 2 nitrogen and oxygen atoms in total. The van der Waals surface area contributed by atoms with Crippen LogP contribution < -0.4 is 4.90 Å². The summed E-state index contributed by atoms with van der Waals surface area (Å²) < 4.78 is 12.7. The summed E-state index contributed by atoms with van der Waals surface area (Å²) in [6.45, 7) is 1.00. The summed E-state index contributed by atoms with van der Waals surface area (Å²) in [5.41, 5.74) is 0. The zero-order valence-electron chi connectivity index (χ0n) is 8.66. The van der Waals surface area contributed by atoms with Crippen LogP contribution in [0, 0.1) is 11.7 Å². The molecule has 15 heavy (non-hydrogen) atoms. The molecule has 0 bridgehead atoms. The van der Waals surface area contributed by atoms with Gasteiger partial charge in [0.2, 0.25) is 0 Å². The first-order valence-corrected chi connectivity index (χ1v) is 6.03. The van der Waals surface area contributed by atoms with Crippen LogP contribution in [-0.2, 0) is 0 Å². The summed E-state index contributed by atoms with van der Waals surface area (Å²) in [5, 5.41) is 0. The van der Waals surface area contributed by atoms with E-state index in [9.17, 15) is 4.39 Å². The number of aromatic nitrogens is 1. The van der Waals surface area contributed by atoms with Crippen molar-refractivity contribution in [3.63, 3.8) is 0 Å². The highest BCUT2D eigenvalue weighted by Crippen LogP contribution is 2.34. The molecule has 1 fully saturated rings. The van der Waals surface area contributed by atoms with Gasteiger partial charge in [0, 0.05) is 18.4 Å². The predicted octanol–water partition coefficient (Wildman–Crippen LogP) is 2.83. The van der Waals surface area contributed by atoms with Crippen LogP contribution >= 0.6 is 15.9 Å². The molecule has 1 aromatic rings. The molecule has 0 spiro atoms. The van der Waals surface area contributed by atoms with E-state index in [1.165, 1.54) is 25.1 Å². The van der Waals surface area contributed by atoms with Crippen LogP contribution in [0.4, 0.5) is 10.2 Å². The zero-order valence-corrected chi connectivity index (χ0v) is 10.2. The third-order valence-corrected chi connectivity index (χ3v) is 3.56. The molecule has 0 amide bonds. The fourth-order valence-corrected chi connectivity index (χ4v) is 2.94. The van der Waals surface area contributed by atoms with Crippen molar-refractivity contribution in [1.29, 1.82) is 0 Å². The van der Waals surface area contributed by atoms with Crippen molar-refractivity contribution in [2.75, 3.05) is 18.5 Å². The third-order valence-electron chi connectivity index (χ3n) is 2.81. The van der Waals surface area contributed by atoms with Gasteiger partial charge in [0.1, 0.15) is 11.6 Å². The Labute approximate surface area is 97.6 Å². The highest BCUT2D eigenvalue weighted by molar-refractivity contribution is 9.09. The molecule has 1 aliphatic carbocycles. The van der Waals surface area contributed by atoms with E-state index in [0.717, 1.165) is 18.3 Å². The summed E-state index contributed by atoms with van der Waals surface area (Å²) in [6, 6.07) is 3.17. The quantitative estimate of drug-likeness (QED) is 0.787. The second kappa shape index (κ2) is 4.47. The lowest BCUT2D eigenvalue weighted by Crippen LogP contribution is -2.34. The molecular formula is C11H14BrFN2. The van der Waals surface area contributed by atoms with Crippen LogP contribution in [0.5, 0.6) is 0 Å². The van der Waals surface area contributed by atoms with Crippen molar-refractivity contribution in [1.82, 2.24) is 4.98 Å². The van der Waals surface area contributed by atoms with E-state index in [1.807, 2.05) is 7.05 Å². The van der Waals surface area contributed by atoms with Crippen LogP contribution in [0.1, 0.15) is 12.8 Å². The topological polar surface area (TPSA) is 16.1 Å². The first kappa shape index (κ1) is 10.9. The van der Waals surface area contributed by atoms with E-state index in [4.69, 9.17) is 0 Å². The summed E-state index contributed by atoms with van der Waals surface area (Å²) in [4.78, 5) is 6.83. The Morgan fingerprint density at radius 1 is 1.53 bits per heavy atom. The standard InChI is InChI=1S/C11H14BrFN2/c1-15(7-8-4-9(12)5-8)11-3-2-10(13)6-14-11/h2-3,6,8-9H,4-5,7H2,1H3. The van der Waals surface area contributed by atoms with Crippen molar-refractivity contribution >= 4 is 21.7 Å². The molecule has 0 atom stereocenters. The summed E-state index contributed by atoms with van der Waals surface area (Å²) in [7, 11) is 2.00. The van der Waals surface area contributed by atoms with Crippen molar-refractivity contribution < 1.29 is 4.39 Å². The van der Waals surface area contributed by atoms with E-state index >= 15 is 0 Å². The average Bonchev–Trinajstić information content (AvgIpc) is 2.16. The van der Waals surface area contributed by atoms with E-state index in [-0.39, 0.29) is 5.82 Å². The van der Waals surface area contributed by atoms with Crippen molar-refractivity contribution in [3.8, 4) is 0 Å². The fourth-order valence-electron chi connectivity index (χ4n) is 1.88. The van der Waals surface area contributed by atoms with E-state index in [0.29, 0.717) is 4.83 Å². The molecule has 0 aromatic carbocycles. The van der Waals surface area contributed by atoms with Crippen LogP contribution in [0.3, 0.4) is 0 Å². The van der Waals surface area contributed by atoms with Gasteiger partial charge in [0.05, 0.1) is 6.20 Å². The Morgan fingerprint density at radius 2 is 2.27 bits per heavy atom. The maximum Gasteiger partial charge on any atom is 0.141 e. The summed E-state index contributed by atoms with van der Waals surface area (Å²) in [6.07, 6.45) is 3.72. The number of anilines is 1. The van der Waals surface area contributed by atoms with Crippen molar-refractivity contribution in [3.05, 3.63) is 24.1 Å². The predicted molar refractivity (Wildman–Crippen MR) is 62.9 cm³/mol. The Kier molecular flexibility index (Phi) is 3.24. The van der Waals surface area contributed by atoms with Crippen LogP contribution in [0.25, 0.3) is 0 Å². The highest BCUT2D eigenvalue weighted by atomic mass is 79.9. The SMILES string of the molecule is CN(CC1CC(Br)C1)c1ccc(F)cn1. The van der Waals surface area contributed by atoms with E-state index < -0.39 is 0 Å². The average molecular weight is 273 g/mol. The number of hydrogen-bond donors (Lipinski definition) is 0. The minimum atomic E-state index is -0.281. The van der Waals surface area contributed by atoms with Gasteiger partial charge in [-0.15, -0.1) is 0 Å². The Bertz CT molecular complexity index is 322. The lowest BCUT2D eigenvalue weighted by molar-refractivity contribution is 0.338. The minimum Gasteiger partial charge on any atom is -0.359 e. The molecule has 1 aliphatic rings.